The summed E-state index contributed by atoms with van der Waals surface area (Å²) >= 11 is 7.76. The summed E-state index contributed by atoms with van der Waals surface area (Å²) in [4.78, 5) is 13.3. The van der Waals surface area contributed by atoms with E-state index < -0.39 is 0 Å². The van der Waals surface area contributed by atoms with E-state index in [-0.39, 0.29) is 0 Å². The van der Waals surface area contributed by atoms with Crippen LogP contribution in [-0.4, -0.2) is 77.3 Å². The molecule has 3 aromatic rings. The molecule has 0 atom stereocenters. The Kier molecular flexibility index (Phi) is 5.71. The Morgan fingerprint density at radius 1 is 1.03 bits per heavy atom. The van der Waals surface area contributed by atoms with Crippen molar-refractivity contribution >= 4 is 33.0 Å². The Morgan fingerprint density at radius 2 is 1.73 bits per heavy atom. The number of hydrogen-bond acceptors (Lipinski definition) is 6. The van der Waals surface area contributed by atoms with E-state index in [1.807, 2.05) is 35.7 Å². The monoisotopic (exact) mass is 444 g/mol. The Morgan fingerprint density at radius 3 is 2.43 bits per heavy atom. The van der Waals surface area contributed by atoms with Crippen molar-refractivity contribution in [2.75, 3.05) is 57.8 Å². The van der Waals surface area contributed by atoms with Crippen molar-refractivity contribution in [2.24, 2.45) is 5.92 Å². The molecule has 2 saturated heterocycles. The molecule has 0 aliphatic carbocycles. The lowest BCUT2D eigenvalue weighted by atomic mass is 9.96. The first-order valence-corrected chi connectivity index (χ1v) is 12.0. The van der Waals surface area contributed by atoms with Gasteiger partial charge >= 0.3 is 0 Å². The highest BCUT2D eigenvalue weighted by atomic mass is 35.5. The first-order chi connectivity index (χ1) is 14.6. The first-order valence-electron chi connectivity index (χ1n) is 10.8. The average Bonchev–Trinajstić information content (AvgIpc) is 3.28. The van der Waals surface area contributed by atoms with Crippen LogP contribution >= 0.6 is 22.9 Å². The summed E-state index contributed by atoms with van der Waals surface area (Å²) < 4.78 is 2.00. The largest absolute Gasteiger partial charge is 0.344 e. The van der Waals surface area contributed by atoms with Crippen LogP contribution in [0.3, 0.4) is 0 Å². The van der Waals surface area contributed by atoms with Gasteiger partial charge in [-0.2, -0.15) is 0 Å². The van der Waals surface area contributed by atoms with Crippen LogP contribution in [0.15, 0.2) is 24.3 Å². The summed E-state index contributed by atoms with van der Waals surface area (Å²) in [5.74, 6) is 0.862. The van der Waals surface area contributed by atoms with Crippen LogP contribution in [0, 0.1) is 12.8 Å². The molecule has 5 rings (SSSR count). The number of hydrogen-bond donors (Lipinski definition) is 0. The quantitative estimate of drug-likeness (QED) is 0.610. The number of nitrogens with zero attached hydrogens (tertiary/aromatic N) is 6. The Labute approximate surface area is 187 Å². The van der Waals surface area contributed by atoms with Gasteiger partial charge in [-0.15, -0.1) is 5.10 Å². The molecule has 2 fully saturated rings. The third kappa shape index (κ3) is 4.08. The maximum atomic E-state index is 6.07. The number of fused-ring (bicyclic) bond motifs is 1. The van der Waals surface area contributed by atoms with Gasteiger partial charge in [-0.3, -0.25) is 4.90 Å². The van der Waals surface area contributed by atoms with E-state index in [1.54, 1.807) is 11.3 Å². The molecule has 2 aliphatic heterocycles. The standard InChI is InChI=1S/C22H29ClN6S/c1-16-20(18-3-5-19(23)6-4-18)29-21(24-16)30-22(25-29)28-13-11-27(12-14-28)15-17-7-9-26(2)10-8-17/h3-6,17H,7-15H2,1-2H3. The third-order valence-electron chi connectivity index (χ3n) is 6.48. The van der Waals surface area contributed by atoms with E-state index in [0.717, 1.165) is 64.2 Å². The number of aryl methyl sites for hydroxylation is 1. The SMILES string of the molecule is Cc1nc2sc(N3CCN(CC4CCN(C)CC4)CC3)nn2c1-c1ccc(Cl)cc1. The minimum Gasteiger partial charge on any atom is -0.344 e. The maximum absolute atomic E-state index is 6.07. The lowest BCUT2D eigenvalue weighted by Crippen LogP contribution is -2.48. The number of likely N-dealkylation sites (tertiary alicyclic amines) is 1. The fourth-order valence-corrected chi connectivity index (χ4v) is 5.76. The zero-order chi connectivity index (χ0) is 20.7. The topological polar surface area (TPSA) is 39.9 Å². The third-order valence-corrected chi connectivity index (χ3v) is 7.70. The van der Waals surface area contributed by atoms with Gasteiger partial charge in [0.1, 0.15) is 0 Å². The van der Waals surface area contributed by atoms with Crippen molar-refractivity contribution < 1.29 is 0 Å². The van der Waals surface area contributed by atoms with Gasteiger partial charge in [-0.05, 0) is 58.0 Å². The van der Waals surface area contributed by atoms with Crippen LogP contribution in [0.2, 0.25) is 5.02 Å². The van der Waals surface area contributed by atoms with Crippen molar-refractivity contribution in [1.82, 2.24) is 24.4 Å². The van der Waals surface area contributed by atoms with Crippen LogP contribution < -0.4 is 4.90 Å². The number of rotatable bonds is 4. The number of halogens is 1. The first kappa shape index (κ1) is 20.2. The molecule has 0 saturated carbocycles. The van der Waals surface area contributed by atoms with Crippen LogP contribution in [0.4, 0.5) is 5.13 Å². The second-order valence-corrected chi connectivity index (χ2v) is 10.0. The lowest BCUT2D eigenvalue weighted by molar-refractivity contribution is 0.155. The molecule has 0 unspecified atom stereocenters. The maximum Gasteiger partial charge on any atom is 0.214 e. The number of aromatic nitrogens is 3. The predicted octanol–water partition coefficient (Wildman–Crippen LogP) is 3.88. The second-order valence-electron chi connectivity index (χ2n) is 8.67. The molecular formula is C22H29ClN6S. The van der Waals surface area contributed by atoms with Gasteiger partial charge in [0.05, 0.1) is 11.4 Å². The summed E-state index contributed by atoms with van der Waals surface area (Å²) in [5.41, 5.74) is 3.17. The molecule has 2 aromatic heterocycles. The molecule has 6 nitrogen and oxygen atoms in total. The van der Waals surface area contributed by atoms with Crippen molar-refractivity contribution in [1.29, 1.82) is 0 Å². The van der Waals surface area contributed by atoms with Crippen LogP contribution in [-0.2, 0) is 0 Å². The van der Waals surface area contributed by atoms with E-state index in [4.69, 9.17) is 21.7 Å². The van der Waals surface area contributed by atoms with Gasteiger partial charge in [0, 0.05) is 43.3 Å². The lowest BCUT2D eigenvalue weighted by Gasteiger charge is -2.38. The molecule has 30 heavy (non-hydrogen) atoms. The normalized spacial score (nSPS) is 19.8. The second kappa shape index (κ2) is 8.46. The van der Waals surface area contributed by atoms with E-state index in [2.05, 4.69) is 21.7 Å². The van der Waals surface area contributed by atoms with Gasteiger partial charge in [0.25, 0.3) is 0 Å². The van der Waals surface area contributed by atoms with Crippen molar-refractivity contribution in [2.45, 2.75) is 19.8 Å². The highest BCUT2D eigenvalue weighted by molar-refractivity contribution is 7.20. The molecule has 0 amide bonds. The smallest absolute Gasteiger partial charge is 0.214 e. The van der Waals surface area contributed by atoms with Crippen LogP contribution in [0.25, 0.3) is 16.2 Å². The predicted molar refractivity (Wildman–Crippen MR) is 125 cm³/mol. The Hall–Kier alpha value is -1.67. The number of piperidine rings is 1. The van der Waals surface area contributed by atoms with Crippen molar-refractivity contribution in [3.63, 3.8) is 0 Å². The van der Waals surface area contributed by atoms with E-state index in [1.165, 1.54) is 32.5 Å². The van der Waals surface area contributed by atoms with Gasteiger partial charge < -0.3 is 9.80 Å². The zero-order valence-corrected chi connectivity index (χ0v) is 19.3. The number of piperazine rings is 1. The summed E-state index contributed by atoms with van der Waals surface area (Å²) in [6.07, 6.45) is 2.68. The number of imidazole rings is 1. The molecule has 4 heterocycles. The minimum absolute atomic E-state index is 0.745. The van der Waals surface area contributed by atoms with E-state index in [9.17, 15) is 0 Å². The van der Waals surface area contributed by atoms with E-state index in [0.29, 0.717) is 0 Å². The van der Waals surface area contributed by atoms with Gasteiger partial charge in [-0.25, -0.2) is 9.50 Å². The summed E-state index contributed by atoms with van der Waals surface area (Å²) in [7, 11) is 2.24. The van der Waals surface area contributed by atoms with Gasteiger partial charge in [0.2, 0.25) is 10.1 Å². The zero-order valence-electron chi connectivity index (χ0n) is 17.7. The number of benzene rings is 1. The number of anilines is 1. The highest BCUT2D eigenvalue weighted by Crippen LogP contribution is 2.31. The molecule has 0 N–H and O–H groups in total. The summed E-state index contributed by atoms with van der Waals surface area (Å²) in [6, 6.07) is 7.93. The van der Waals surface area contributed by atoms with Gasteiger partial charge in [0.15, 0.2) is 0 Å². The van der Waals surface area contributed by atoms with Crippen molar-refractivity contribution in [3.05, 3.63) is 35.0 Å². The molecule has 1 aromatic carbocycles. The Bertz CT molecular complexity index is 997. The highest BCUT2D eigenvalue weighted by Gasteiger charge is 2.25. The van der Waals surface area contributed by atoms with E-state index >= 15 is 0 Å². The summed E-state index contributed by atoms with van der Waals surface area (Å²) in [5, 5.41) is 6.77. The molecule has 160 valence electrons. The molecule has 0 radical (unpaired) electrons. The molecule has 0 spiro atoms. The van der Waals surface area contributed by atoms with Crippen LogP contribution in [0.5, 0.6) is 0 Å². The van der Waals surface area contributed by atoms with Crippen molar-refractivity contribution in [3.8, 4) is 11.3 Å². The molecule has 8 heteroatoms. The average molecular weight is 445 g/mol. The van der Waals surface area contributed by atoms with Gasteiger partial charge in [-0.1, -0.05) is 35.1 Å². The Balaban J connectivity index is 1.27. The molecular weight excluding hydrogens is 416 g/mol. The summed E-state index contributed by atoms with van der Waals surface area (Å²) in [6.45, 7) is 10.1. The minimum atomic E-state index is 0.745. The molecule has 2 aliphatic rings. The fraction of sp³-hybridized carbons (Fsp3) is 0.545. The fourth-order valence-electron chi connectivity index (χ4n) is 4.64. The van der Waals surface area contributed by atoms with Crippen LogP contribution in [0.1, 0.15) is 18.5 Å². The molecule has 0 bridgehead atoms.